The number of amides is 1. The third-order valence-electron chi connectivity index (χ3n) is 4.50. The minimum Gasteiger partial charge on any atom is -0.493 e. The fourth-order valence-corrected chi connectivity index (χ4v) is 3.34. The number of hydrogen-bond acceptors (Lipinski definition) is 4. The Hall–Kier alpha value is -3.51. The summed E-state index contributed by atoms with van der Waals surface area (Å²) < 4.78 is 10.4. The highest BCUT2D eigenvalue weighted by Crippen LogP contribution is 2.36. The molecule has 0 aliphatic rings. The lowest BCUT2D eigenvalue weighted by Crippen LogP contribution is -2.12. The Labute approximate surface area is 172 Å². The molecule has 1 amide bonds. The molecule has 0 saturated heterocycles. The van der Waals surface area contributed by atoms with Crippen molar-refractivity contribution in [2.75, 3.05) is 19.5 Å². The van der Waals surface area contributed by atoms with Gasteiger partial charge < -0.3 is 19.8 Å². The van der Waals surface area contributed by atoms with Gasteiger partial charge in [-0.2, -0.15) is 0 Å². The average Bonchev–Trinajstić information content (AvgIpc) is 3.17. The van der Waals surface area contributed by atoms with Gasteiger partial charge in [0.1, 0.15) is 5.82 Å². The second-order valence-corrected chi connectivity index (χ2v) is 6.73. The number of ether oxygens (including phenoxy) is 2. The summed E-state index contributed by atoms with van der Waals surface area (Å²) in [6, 6.07) is 18.4. The van der Waals surface area contributed by atoms with E-state index in [4.69, 9.17) is 21.1 Å². The Balaban J connectivity index is 1.54. The van der Waals surface area contributed by atoms with Crippen molar-refractivity contribution in [1.29, 1.82) is 0 Å². The summed E-state index contributed by atoms with van der Waals surface area (Å²) in [6.45, 7) is 0. The smallest absolute Gasteiger partial charge is 0.255 e. The first-order chi connectivity index (χ1) is 14.1. The molecule has 0 spiro atoms. The Morgan fingerprint density at radius 3 is 2.48 bits per heavy atom. The Kier molecular flexibility index (Phi) is 5.10. The summed E-state index contributed by atoms with van der Waals surface area (Å²) in [6.07, 6.45) is 0. The number of methoxy groups -OCH3 is 2. The largest absolute Gasteiger partial charge is 0.493 e. The van der Waals surface area contributed by atoms with Gasteiger partial charge in [-0.25, -0.2) is 4.98 Å². The predicted molar refractivity (Wildman–Crippen MR) is 114 cm³/mol. The highest BCUT2D eigenvalue weighted by atomic mass is 35.5. The quantitative estimate of drug-likeness (QED) is 0.479. The second kappa shape index (κ2) is 7.85. The second-order valence-electron chi connectivity index (χ2n) is 6.33. The number of fused-ring (bicyclic) bond motifs is 1. The van der Waals surface area contributed by atoms with Crippen LogP contribution in [-0.2, 0) is 0 Å². The first kappa shape index (κ1) is 18.8. The Morgan fingerprint density at radius 2 is 1.79 bits per heavy atom. The van der Waals surface area contributed by atoms with Crippen LogP contribution >= 0.6 is 11.6 Å². The van der Waals surface area contributed by atoms with Crippen LogP contribution in [0.25, 0.3) is 22.4 Å². The van der Waals surface area contributed by atoms with E-state index in [9.17, 15) is 4.79 Å². The van der Waals surface area contributed by atoms with E-state index in [1.165, 1.54) is 14.2 Å². The molecule has 0 fully saturated rings. The van der Waals surface area contributed by atoms with Crippen LogP contribution in [0.3, 0.4) is 0 Å². The van der Waals surface area contributed by atoms with Gasteiger partial charge in [0.2, 0.25) is 0 Å². The minimum absolute atomic E-state index is 0.302. The summed E-state index contributed by atoms with van der Waals surface area (Å²) in [5.74, 6) is 1.26. The fraction of sp³-hybridized carbons (Fsp3) is 0.0909. The number of anilines is 1. The van der Waals surface area contributed by atoms with Crippen LogP contribution in [0.1, 0.15) is 10.4 Å². The molecular formula is C22H18ClN3O3. The number of nitrogens with zero attached hydrogens (tertiary/aromatic N) is 1. The van der Waals surface area contributed by atoms with Gasteiger partial charge in [0.15, 0.2) is 11.5 Å². The van der Waals surface area contributed by atoms with Crippen LogP contribution in [0.2, 0.25) is 5.02 Å². The fourth-order valence-electron chi connectivity index (χ4n) is 3.05. The number of nitrogens with one attached hydrogen (secondary N) is 2. The third-order valence-corrected chi connectivity index (χ3v) is 4.78. The van der Waals surface area contributed by atoms with Gasteiger partial charge in [-0.1, -0.05) is 23.7 Å². The Morgan fingerprint density at radius 1 is 1.03 bits per heavy atom. The number of imidazole rings is 1. The van der Waals surface area contributed by atoms with Crippen molar-refractivity contribution >= 4 is 34.2 Å². The number of para-hydroxylation sites is 2. The molecule has 6 nitrogen and oxygen atoms in total. The van der Waals surface area contributed by atoms with E-state index in [0.717, 1.165) is 22.4 Å². The number of carbonyl (C=O) groups is 1. The molecule has 4 aromatic rings. The molecule has 7 heteroatoms. The van der Waals surface area contributed by atoms with Gasteiger partial charge in [-0.05, 0) is 48.5 Å². The number of carbonyl (C=O) groups excluding carboxylic acids is 1. The minimum atomic E-state index is -0.302. The van der Waals surface area contributed by atoms with E-state index in [-0.39, 0.29) is 5.91 Å². The zero-order valence-electron chi connectivity index (χ0n) is 15.8. The van der Waals surface area contributed by atoms with E-state index in [2.05, 4.69) is 15.3 Å². The highest BCUT2D eigenvalue weighted by Gasteiger charge is 2.15. The van der Waals surface area contributed by atoms with Crippen molar-refractivity contribution in [3.8, 4) is 22.9 Å². The van der Waals surface area contributed by atoms with Crippen LogP contribution < -0.4 is 14.8 Å². The van der Waals surface area contributed by atoms with Crippen molar-refractivity contribution in [3.05, 3.63) is 71.2 Å². The van der Waals surface area contributed by atoms with Gasteiger partial charge in [0.05, 0.1) is 30.3 Å². The zero-order chi connectivity index (χ0) is 20.4. The molecular weight excluding hydrogens is 390 g/mol. The van der Waals surface area contributed by atoms with Crippen molar-refractivity contribution < 1.29 is 14.3 Å². The average molecular weight is 408 g/mol. The number of aromatic nitrogens is 2. The number of H-pyrrole nitrogens is 1. The van der Waals surface area contributed by atoms with Crippen LogP contribution in [0, 0.1) is 0 Å². The van der Waals surface area contributed by atoms with E-state index < -0.39 is 0 Å². The predicted octanol–water partition coefficient (Wildman–Crippen LogP) is 5.15. The zero-order valence-corrected chi connectivity index (χ0v) is 16.6. The number of rotatable bonds is 5. The Bertz CT molecular complexity index is 1150. The summed E-state index contributed by atoms with van der Waals surface area (Å²) in [5, 5.41) is 3.16. The molecule has 29 heavy (non-hydrogen) atoms. The molecule has 2 N–H and O–H groups in total. The number of halogens is 1. The lowest BCUT2D eigenvalue weighted by atomic mass is 10.1. The summed E-state index contributed by atoms with van der Waals surface area (Å²) in [7, 11) is 2.99. The maximum Gasteiger partial charge on any atom is 0.255 e. The highest BCUT2D eigenvalue weighted by molar-refractivity contribution is 6.32. The maximum absolute atomic E-state index is 12.6. The molecule has 0 bridgehead atoms. The topological polar surface area (TPSA) is 76.2 Å². The molecule has 1 heterocycles. The van der Waals surface area contributed by atoms with Crippen LogP contribution in [-0.4, -0.2) is 30.1 Å². The van der Waals surface area contributed by atoms with Gasteiger partial charge in [0.25, 0.3) is 5.91 Å². The van der Waals surface area contributed by atoms with E-state index in [1.54, 1.807) is 12.1 Å². The molecule has 0 atom stereocenters. The van der Waals surface area contributed by atoms with Gasteiger partial charge in [0, 0.05) is 16.8 Å². The maximum atomic E-state index is 12.6. The lowest BCUT2D eigenvalue weighted by molar-refractivity contribution is 0.102. The number of aromatic amines is 1. The first-order valence-electron chi connectivity index (χ1n) is 8.87. The van der Waals surface area contributed by atoms with Crippen molar-refractivity contribution in [2.45, 2.75) is 0 Å². The molecule has 0 unspecified atom stereocenters. The molecule has 0 radical (unpaired) electrons. The monoisotopic (exact) mass is 407 g/mol. The van der Waals surface area contributed by atoms with Crippen molar-refractivity contribution in [1.82, 2.24) is 9.97 Å². The molecule has 0 aliphatic heterocycles. The molecule has 0 saturated carbocycles. The molecule has 0 aliphatic carbocycles. The lowest BCUT2D eigenvalue weighted by Gasteiger charge is -2.12. The number of benzene rings is 3. The third kappa shape index (κ3) is 3.75. The molecule has 146 valence electrons. The van der Waals surface area contributed by atoms with E-state index in [1.807, 2.05) is 48.5 Å². The standard InChI is InChI=1S/C22H18ClN3O3/c1-28-19-12-14(11-16(23)20(19)29-2)22(27)24-15-9-7-13(8-10-15)21-25-17-5-3-4-6-18(17)26-21/h3-12H,1-2H3,(H,24,27)(H,25,26). The molecule has 3 aromatic carbocycles. The summed E-state index contributed by atoms with van der Waals surface area (Å²) >= 11 is 6.19. The van der Waals surface area contributed by atoms with Gasteiger partial charge >= 0.3 is 0 Å². The summed E-state index contributed by atoms with van der Waals surface area (Å²) in [5.41, 5.74) is 3.83. The van der Waals surface area contributed by atoms with Crippen LogP contribution in [0.4, 0.5) is 5.69 Å². The normalized spacial score (nSPS) is 10.7. The van der Waals surface area contributed by atoms with Gasteiger partial charge in [-0.15, -0.1) is 0 Å². The van der Waals surface area contributed by atoms with Crippen molar-refractivity contribution in [2.24, 2.45) is 0 Å². The molecule has 1 aromatic heterocycles. The molecule has 4 rings (SSSR count). The van der Waals surface area contributed by atoms with E-state index in [0.29, 0.717) is 27.8 Å². The van der Waals surface area contributed by atoms with Crippen molar-refractivity contribution in [3.63, 3.8) is 0 Å². The van der Waals surface area contributed by atoms with Crippen LogP contribution in [0.15, 0.2) is 60.7 Å². The van der Waals surface area contributed by atoms with E-state index >= 15 is 0 Å². The van der Waals surface area contributed by atoms with Crippen LogP contribution in [0.5, 0.6) is 11.5 Å². The van der Waals surface area contributed by atoms with Gasteiger partial charge in [-0.3, -0.25) is 4.79 Å². The number of hydrogen-bond donors (Lipinski definition) is 2. The summed E-state index contributed by atoms with van der Waals surface area (Å²) in [4.78, 5) is 20.5. The first-order valence-corrected chi connectivity index (χ1v) is 9.25. The SMILES string of the molecule is COc1cc(C(=O)Nc2ccc(-c3nc4ccccc4[nH]3)cc2)cc(Cl)c1OC.